The van der Waals surface area contributed by atoms with Crippen LogP contribution in [0, 0.1) is 18.8 Å². The largest absolute Gasteiger partial charge is 0.472 e. The van der Waals surface area contributed by atoms with E-state index in [-0.39, 0.29) is 11.8 Å². The molecule has 2 heterocycles. The summed E-state index contributed by atoms with van der Waals surface area (Å²) in [5, 5.41) is 9.72. The van der Waals surface area contributed by atoms with Crippen LogP contribution in [0.25, 0.3) is 76.9 Å². The highest BCUT2D eigenvalue weighted by Crippen LogP contribution is 2.46. The van der Waals surface area contributed by atoms with E-state index in [1.165, 1.54) is 65.4 Å². The Balaban J connectivity index is 1.17. The minimum absolute atomic E-state index is 0.148. The zero-order valence-electron chi connectivity index (χ0n) is 29.2. The number of hydrogen-bond donors (Lipinski definition) is 0. The van der Waals surface area contributed by atoms with Gasteiger partial charge in [0.2, 0.25) is 0 Å². The van der Waals surface area contributed by atoms with Crippen molar-refractivity contribution in [2.24, 2.45) is 11.8 Å². The molecule has 2 unspecified atom stereocenters. The Kier molecular flexibility index (Phi) is 6.63. The number of para-hydroxylation sites is 1. The van der Waals surface area contributed by atoms with Gasteiger partial charge < -0.3 is 8.83 Å². The topological polar surface area (TPSA) is 26.3 Å². The molecule has 0 saturated heterocycles. The number of fused-ring (bicyclic) bond motifs is 7. The minimum atomic E-state index is 0.148. The first-order chi connectivity index (χ1) is 26.2. The molecular weight excluding hydrogens is 645 g/mol. The van der Waals surface area contributed by atoms with Crippen molar-refractivity contribution in [1.29, 1.82) is 0 Å². The third-order valence-corrected chi connectivity index (χ3v) is 11.5. The quantitative estimate of drug-likeness (QED) is 0.173. The smallest absolute Gasteiger partial charge is 0.142 e. The summed E-state index contributed by atoms with van der Waals surface area (Å²) in [6, 6.07) is 50.7. The number of allylic oxidation sites excluding steroid dienone is 4. The van der Waals surface area contributed by atoms with Crippen LogP contribution in [0.2, 0.25) is 0 Å². The second-order valence-corrected chi connectivity index (χ2v) is 14.4. The molecule has 0 amide bonds. The average molecular weight is 679 g/mol. The Morgan fingerprint density at radius 3 is 1.64 bits per heavy atom. The van der Waals surface area contributed by atoms with Crippen molar-refractivity contribution in [2.45, 2.75) is 6.92 Å². The van der Waals surface area contributed by atoms with E-state index in [0.717, 1.165) is 38.6 Å². The third kappa shape index (κ3) is 4.45. The Hall–Kier alpha value is -6.64. The van der Waals surface area contributed by atoms with Crippen LogP contribution in [-0.4, -0.2) is 0 Å². The van der Waals surface area contributed by atoms with Crippen LogP contribution >= 0.6 is 0 Å². The van der Waals surface area contributed by atoms with Crippen molar-refractivity contribution in [1.82, 2.24) is 0 Å². The Morgan fingerprint density at radius 1 is 0.453 bits per heavy atom. The highest BCUT2D eigenvalue weighted by molar-refractivity contribution is 6.22. The number of hydrogen-bond acceptors (Lipinski definition) is 2. The molecule has 0 N–H and O–H groups in total. The molecule has 2 heteroatoms. The molecule has 9 aromatic rings. The average Bonchev–Trinajstić information content (AvgIpc) is 3.81. The summed E-state index contributed by atoms with van der Waals surface area (Å²) in [5.41, 5.74) is 12.8. The first-order valence-corrected chi connectivity index (χ1v) is 18.4. The van der Waals surface area contributed by atoms with E-state index in [0.29, 0.717) is 0 Å². The maximum Gasteiger partial charge on any atom is 0.142 e. The summed E-state index contributed by atoms with van der Waals surface area (Å²) in [6.45, 7) is 2.14. The van der Waals surface area contributed by atoms with Crippen molar-refractivity contribution < 1.29 is 8.83 Å². The first kappa shape index (κ1) is 30.0. The van der Waals surface area contributed by atoms with Gasteiger partial charge >= 0.3 is 0 Å². The second kappa shape index (κ2) is 11.7. The molecule has 2 atom stereocenters. The summed E-state index contributed by atoms with van der Waals surface area (Å²) in [7, 11) is 0. The van der Waals surface area contributed by atoms with Gasteiger partial charge in [0.25, 0.3) is 0 Å². The molecule has 0 aliphatic heterocycles. The SMILES string of the molecule is Cc1cocc1C1=c2ccccc2=C(c2cccc3c2oc2cc(-c4c5ccccc5c(-c5ccccc5)c5ccccc45)ccc23)C2C=CC=CC12. The van der Waals surface area contributed by atoms with Gasteiger partial charge in [-0.1, -0.05) is 152 Å². The van der Waals surface area contributed by atoms with Crippen molar-refractivity contribution in [2.75, 3.05) is 0 Å². The maximum absolute atomic E-state index is 7.04. The molecule has 2 nitrogen and oxygen atoms in total. The van der Waals surface area contributed by atoms with Crippen molar-refractivity contribution in [3.05, 3.63) is 203 Å². The summed E-state index contributed by atoms with van der Waals surface area (Å²) in [4.78, 5) is 0. The van der Waals surface area contributed by atoms with Crippen molar-refractivity contribution in [3.8, 4) is 22.3 Å². The number of furan rings is 2. The molecule has 53 heavy (non-hydrogen) atoms. The lowest BCUT2D eigenvalue weighted by molar-refractivity contribution is 0.564. The van der Waals surface area contributed by atoms with Crippen LogP contribution < -0.4 is 10.4 Å². The second-order valence-electron chi connectivity index (χ2n) is 14.4. The summed E-state index contributed by atoms with van der Waals surface area (Å²) in [5.74, 6) is 0.322. The Morgan fingerprint density at radius 2 is 1.02 bits per heavy atom. The van der Waals surface area contributed by atoms with E-state index in [4.69, 9.17) is 8.83 Å². The molecule has 7 aromatic carbocycles. The van der Waals surface area contributed by atoms with Crippen LogP contribution in [0.5, 0.6) is 0 Å². The van der Waals surface area contributed by atoms with Gasteiger partial charge in [-0.15, -0.1) is 0 Å². The standard InChI is InChI=1S/C51H34O2/c1-31-29-52-30-45(31)50-41-22-11-9-20-39(41)49(40-21-10-12-23-42(40)50)44-25-13-24-43-34-27-26-33(28-46(34)53-51(43)44)48-37-18-7-5-16-35(37)47(32-14-3-2-4-15-32)36-17-6-8-19-38(36)48/h2-30,39,41H,1H3. The zero-order valence-corrected chi connectivity index (χ0v) is 29.2. The number of rotatable bonds is 4. The lowest BCUT2D eigenvalue weighted by atomic mass is 9.70. The van der Waals surface area contributed by atoms with Gasteiger partial charge in [0.05, 0.1) is 12.5 Å². The fourth-order valence-electron chi connectivity index (χ4n) is 9.28. The molecule has 0 spiro atoms. The molecule has 0 fully saturated rings. The van der Waals surface area contributed by atoms with E-state index in [9.17, 15) is 0 Å². The molecular formula is C51H34O2. The predicted molar refractivity (Wildman–Crippen MR) is 219 cm³/mol. The van der Waals surface area contributed by atoms with Crippen molar-refractivity contribution >= 4 is 54.6 Å². The number of aryl methyl sites for hydroxylation is 1. The van der Waals surface area contributed by atoms with Gasteiger partial charge in [0.1, 0.15) is 11.2 Å². The molecule has 2 aromatic heterocycles. The molecule has 2 aliphatic carbocycles. The van der Waals surface area contributed by atoms with E-state index >= 15 is 0 Å². The third-order valence-electron chi connectivity index (χ3n) is 11.5. The van der Waals surface area contributed by atoms with Gasteiger partial charge in [-0.2, -0.15) is 0 Å². The van der Waals surface area contributed by atoms with Gasteiger partial charge in [-0.05, 0) is 90.0 Å². The van der Waals surface area contributed by atoms with E-state index in [1.807, 2.05) is 12.5 Å². The summed E-state index contributed by atoms with van der Waals surface area (Å²) >= 11 is 0. The Bertz CT molecular complexity index is 3070. The molecule has 11 rings (SSSR count). The van der Waals surface area contributed by atoms with E-state index < -0.39 is 0 Å². The van der Waals surface area contributed by atoms with E-state index in [2.05, 4.69) is 171 Å². The van der Waals surface area contributed by atoms with Crippen LogP contribution in [0.1, 0.15) is 16.7 Å². The predicted octanol–water partition coefficient (Wildman–Crippen LogP) is 11.9. The van der Waals surface area contributed by atoms with Gasteiger partial charge in [-0.25, -0.2) is 0 Å². The summed E-state index contributed by atoms with van der Waals surface area (Å²) < 4.78 is 12.8. The first-order valence-electron chi connectivity index (χ1n) is 18.4. The Labute approximate surface area is 306 Å². The zero-order chi connectivity index (χ0) is 35.0. The minimum Gasteiger partial charge on any atom is -0.472 e. The normalized spacial score (nSPS) is 16.5. The van der Waals surface area contributed by atoms with Gasteiger partial charge in [0, 0.05) is 33.7 Å². The number of benzene rings is 7. The van der Waals surface area contributed by atoms with Crippen LogP contribution in [0.3, 0.4) is 0 Å². The van der Waals surface area contributed by atoms with Crippen molar-refractivity contribution in [3.63, 3.8) is 0 Å². The fourth-order valence-corrected chi connectivity index (χ4v) is 9.28. The monoisotopic (exact) mass is 678 g/mol. The van der Waals surface area contributed by atoms with Crippen LogP contribution in [0.15, 0.2) is 185 Å². The molecule has 0 saturated carbocycles. The maximum atomic E-state index is 7.04. The lowest BCUT2D eigenvalue weighted by Crippen LogP contribution is -2.40. The van der Waals surface area contributed by atoms with Gasteiger partial charge in [0.15, 0.2) is 0 Å². The highest BCUT2D eigenvalue weighted by Gasteiger charge is 2.34. The van der Waals surface area contributed by atoms with Crippen LogP contribution in [0.4, 0.5) is 0 Å². The summed E-state index contributed by atoms with van der Waals surface area (Å²) in [6.07, 6.45) is 12.9. The van der Waals surface area contributed by atoms with E-state index in [1.54, 1.807) is 0 Å². The molecule has 250 valence electrons. The lowest BCUT2D eigenvalue weighted by Gasteiger charge is -2.33. The fraction of sp³-hybridized carbons (Fsp3) is 0.0588. The van der Waals surface area contributed by atoms with Crippen LogP contribution in [-0.2, 0) is 0 Å². The highest BCUT2D eigenvalue weighted by atomic mass is 16.3. The molecule has 0 radical (unpaired) electrons. The van der Waals surface area contributed by atoms with Gasteiger partial charge in [-0.3, -0.25) is 0 Å². The molecule has 0 bridgehead atoms. The molecule has 2 aliphatic rings.